The van der Waals surface area contributed by atoms with Crippen LogP contribution in [0.1, 0.15) is 0 Å². The van der Waals surface area contributed by atoms with Crippen LogP contribution in [-0.4, -0.2) is 4.98 Å². The van der Waals surface area contributed by atoms with Crippen LogP contribution in [0.25, 0.3) is 0 Å². The Morgan fingerprint density at radius 3 is 2.22 bits per heavy atom. The van der Waals surface area contributed by atoms with E-state index in [9.17, 15) is 0 Å². The highest BCUT2D eigenvalue weighted by molar-refractivity contribution is 6.14. The standard InChI is InChI=1S/C5H6ClN2.ClH/c6-5-8-3-1-7-2-4-8;/h1-4H,5H2;1H/q+1;/p-1. The maximum Gasteiger partial charge on any atom is 0.222 e. The summed E-state index contributed by atoms with van der Waals surface area (Å²) >= 11 is 5.46. The van der Waals surface area contributed by atoms with Gasteiger partial charge in [0.25, 0.3) is 0 Å². The molecule has 4 heteroatoms. The number of hydrogen-bond donors (Lipinski definition) is 0. The normalized spacial score (nSPS) is 8.11. The first-order valence-corrected chi connectivity index (χ1v) is 2.82. The van der Waals surface area contributed by atoms with E-state index in [2.05, 4.69) is 4.98 Å². The van der Waals surface area contributed by atoms with Crippen molar-refractivity contribution in [3.63, 3.8) is 0 Å². The van der Waals surface area contributed by atoms with Crippen LogP contribution in [0.15, 0.2) is 24.8 Å². The quantitative estimate of drug-likeness (QED) is 0.334. The highest BCUT2D eigenvalue weighted by Gasteiger charge is 1.88. The molecule has 0 fully saturated rings. The Morgan fingerprint density at radius 2 is 1.89 bits per heavy atom. The number of alkyl halides is 1. The number of halogens is 2. The molecule has 1 aromatic rings. The van der Waals surface area contributed by atoms with Crippen molar-refractivity contribution in [2.24, 2.45) is 0 Å². The molecule has 0 atom stereocenters. The van der Waals surface area contributed by atoms with Crippen molar-refractivity contribution in [3.05, 3.63) is 24.8 Å². The summed E-state index contributed by atoms with van der Waals surface area (Å²) in [6.07, 6.45) is 7.02. The van der Waals surface area contributed by atoms with Gasteiger partial charge in [-0.2, -0.15) is 4.57 Å². The Labute approximate surface area is 64.9 Å². The minimum absolute atomic E-state index is 0. The summed E-state index contributed by atoms with van der Waals surface area (Å²) in [4.78, 5) is 3.81. The van der Waals surface area contributed by atoms with Crippen LogP contribution in [0.4, 0.5) is 0 Å². The molecule has 0 radical (unpaired) electrons. The van der Waals surface area contributed by atoms with Gasteiger partial charge in [0, 0.05) is 0 Å². The molecule has 1 rings (SSSR count). The average molecular weight is 165 g/mol. The zero-order valence-corrected chi connectivity index (χ0v) is 6.18. The lowest BCUT2D eigenvalue weighted by atomic mass is 10.7. The van der Waals surface area contributed by atoms with E-state index in [1.165, 1.54) is 0 Å². The van der Waals surface area contributed by atoms with Gasteiger partial charge in [-0.15, -0.1) is 0 Å². The lowest BCUT2D eigenvalue weighted by molar-refractivity contribution is -0.678. The number of aromatic nitrogens is 2. The molecule has 1 heterocycles. The predicted molar refractivity (Wildman–Crippen MR) is 30.3 cm³/mol. The Balaban J connectivity index is 0.000000640. The summed E-state index contributed by atoms with van der Waals surface area (Å²) < 4.78 is 1.83. The van der Waals surface area contributed by atoms with Gasteiger partial charge in [-0.25, -0.2) is 0 Å². The number of rotatable bonds is 1. The first-order valence-electron chi connectivity index (χ1n) is 2.28. The number of hydrogen-bond acceptors (Lipinski definition) is 1. The molecule has 0 aliphatic heterocycles. The van der Waals surface area contributed by atoms with Gasteiger partial charge in [0.15, 0.2) is 12.4 Å². The van der Waals surface area contributed by atoms with Crippen molar-refractivity contribution >= 4 is 11.6 Å². The van der Waals surface area contributed by atoms with Crippen molar-refractivity contribution < 1.29 is 17.0 Å². The van der Waals surface area contributed by atoms with Gasteiger partial charge in [-0.1, -0.05) is 11.6 Å². The molecule has 0 saturated heterocycles. The Kier molecular flexibility index (Phi) is 4.36. The molecule has 9 heavy (non-hydrogen) atoms. The molecular weight excluding hydrogens is 159 g/mol. The third kappa shape index (κ3) is 2.63. The molecule has 2 nitrogen and oxygen atoms in total. The van der Waals surface area contributed by atoms with Crippen LogP contribution < -0.4 is 17.0 Å². The summed E-state index contributed by atoms with van der Waals surface area (Å²) in [5, 5.41) is 0. The Bertz CT molecular complexity index is 154. The summed E-state index contributed by atoms with van der Waals surface area (Å²) in [6.45, 7) is 0. The van der Waals surface area contributed by atoms with E-state index < -0.39 is 0 Å². The third-order valence-electron chi connectivity index (χ3n) is 0.826. The van der Waals surface area contributed by atoms with E-state index in [0.717, 1.165) is 0 Å². The summed E-state index contributed by atoms with van der Waals surface area (Å²) in [6, 6.07) is 0.489. The first kappa shape index (κ1) is 8.66. The molecule has 0 bridgehead atoms. The van der Waals surface area contributed by atoms with Crippen molar-refractivity contribution in [2.45, 2.75) is 6.00 Å². The zero-order valence-electron chi connectivity index (χ0n) is 4.67. The molecule has 0 saturated carbocycles. The minimum atomic E-state index is 0. The fourth-order valence-electron chi connectivity index (χ4n) is 0.427. The molecule has 0 amide bonds. The van der Waals surface area contributed by atoms with Gasteiger partial charge in [0.1, 0.15) is 0 Å². The van der Waals surface area contributed by atoms with E-state index >= 15 is 0 Å². The lowest BCUT2D eigenvalue weighted by Gasteiger charge is -1.82. The molecule has 0 aromatic carbocycles. The van der Waals surface area contributed by atoms with Crippen LogP contribution in [-0.2, 0) is 6.00 Å². The van der Waals surface area contributed by atoms with Gasteiger partial charge < -0.3 is 12.4 Å². The second-order valence-corrected chi connectivity index (χ2v) is 1.62. The Hall–Kier alpha value is -0.340. The summed E-state index contributed by atoms with van der Waals surface area (Å²) in [5.41, 5.74) is 0. The molecule has 0 aliphatic carbocycles. The molecule has 0 spiro atoms. The van der Waals surface area contributed by atoms with Gasteiger partial charge in [0.05, 0.1) is 12.4 Å². The molecule has 50 valence electrons. The highest BCUT2D eigenvalue weighted by Crippen LogP contribution is 1.73. The molecule has 0 N–H and O–H groups in total. The van der Waals surface area contributed by atoms with E-state index in [1.807, 2.05) is 17.0 Å². The highest BCUT2D eigenvalue weighted by atomic mass is 35.5. The predicted octanol–water partition coefficient (Wildman–Crippen LogP) is -2.43. The van der Waals surface area contributed by atoms with Crippen LogP contribution in [0.3, 0.4) is 0 Å². The van der Waals surface area contributed by atoms with Crippen LogP contribution in [0.5, 0.6) is 0 Å². The van der Waals surface area contributed by atoms with Crippen LogP contribution in [0, 0.1) is 0 Å². The van der Waals surface area contributed by atoms with Crippen LogP contribution in [0.2, 0.25) is 0 Å². The van der Waals surface area contributed by atoms with Gasteiger partial charge >= 0.3 is 0 Å². The first-order chi connectivity index (χ1) is 3.93. The van der Waals surface area contributed by atoms with Gasteiger partial charge in [-0.05, 0) is 0 Å². The van der Waals surface area contributed by atoms with E-state index in [-0.39, 0.29) is 12.4 Å². The minimum Gasteiger partial charge on any atom is -1.00 e. The third-order valence-corrected chi connectivity index (χ3v) is 1.10. The van der Waals surface area contributed by atoms with Crippen molar-refractivity contribution in [2.75, 3.05) is 0 Å². The largest absolute Gasteiger partial charge is 1.00 e. The summed E-state index contributed by atoms with van der Waals surface area (Å²) in [7, 11) is 0. The van der Waals surface area contributed by atoms with E-state index in [0.29, 0.717) is 6.00 Å². The Morgan fingerprint density at radius 1 is 1.33 bits per heavy atom. The van der Waals surface area contributed by atoms with E-state index in [4.69, 9.17) is 11.6 Å². The fourth-order valence-corrected chi connectivity index (χ4v) is 0.587. The summed E-state index contributed by atoms with van der Waals surface area (Å²) in [5.74, 6) is 0. The average Bonchev–Trinajstić information content (AvgIpc) is 1.90. The maximum absolute atomic E-state index is 5.46. The molecule has 0 aliphatic rings. The van der Waals surface area contributed by atoms with Crippen LogP contribution >= 0.6 is 11.6 Å². The topological polar surface area (TPSA) is 16.8 Å². The van der Waals surface area contributed by atoms with Crippen molar-refractivity contribution in [3.8, 4) is 0 Å². The smallest absolute Gasteiger partial charge is 0.222 e. The van der Waals surface area contributed by atoms with Gasteiger partial charge in [-0.3, -0.25) is 4.98 Å². The molecule has 0 unspecified atom stereocenters. The zero-order chi connectivity index (χ0) is 5.82. The monoisotopic (exact) mass is 164 g/mol. The molecular formula is C5H6Cl2N2. The SMILES string of the molecule is ClC[n+]1ccncc1.[Cl-]. The van der Waals surface area contributed by atoms with Gasteiger partial charge in [0.2, 0.25) is 6.00 Å². The second-order valence-electron chi connectivity index (χ2n) is 1.38. The van der Waals surface area contributed by atoms with E-state index in [1.54, 1.807) is 12.4 Å². The molecule has 1 aromatic heterocycles. The maximum atomic E-state index is 5.46. The lowest BCUT2D eigenvalue weighted by Crippen LogP contribution is -3.00. The fraction of sp³-hybridized carbons (Fsp3) is 0.200. The number of nitrogens with zero attached hydrogens (tertiary/aromatic N) is 2. The second kappa shape index (κ2) is 4.53. The van der Waals surface area contributed by atoms with Crippen molar-refractivity contribution in [1.82, 2.24) is 4.98 Å². The van der Waals surface area contributed by atoms with Crippen molar-refractivity contribution in [1.29, 1.82) is 0 Å².